The van der Waals surface area contributed by atoms with Crippen LogP contribution in [0.5, 0.6) is 5.75 Å². The van der Waals surface area contributed by atoms with Gasteiger partial charge in [0.2, 0.25) is 0 Å². The van der Waals surface area contributed by atoms with Crippen molar-refractivity contribution in [2.75, 3.05) is 11.9 Å². The van der Waals surface area contributed by atoms with Crippen LogP contribution < -0.4 is 5.32 Å². The highest BCUT2D eigenvalue weighted by Crippen LogP contribution is 2.41. The quantitative estimate of drug-likeness (QED) is 0.751. The second-order valence-electron chi connectivity index (χ2n) is 8.17. The van der Waals surface area contributed by atoms with E-state index >= 15 is 0 Å². The number of anilines is 1. The number of aromatic hydroxyl groups is 1. The summed E-state index contributed by atoms with van der Waals surface area (Å²) >= 11 is 0. The van der Waals surface area contributed by atoms with Crippen LogP contribution in [-0.2, 0) is 11.8 Å². The molecule has 0 radical (unpaired) electrons. The summed E-state index contributed by atoms with van der Waals surface area (Å²) in [5.74, 6) is 0.700. The highest BCUT2D eigenvalue weighted by Gasteiger charge is 2.30. The van der Waals surface area contributed by atoms with E-state index in [1.165, 1.54) is 16.8 Å². The van der Waals surface area contributed by atoms with Crippen molar-refractivity contribution in [1.82, 2.24) is 0 Å². The minimum absolute atomic E-state index is 0.137. The maximum atomic E-state index is 9.86. The van der Waals surface area contributed by atoms with E-state index in [1.807, 2.05) is 12.1 Å². The van der Waals surface area contributed by atoms with Gasteiger partial charge in [-0.05, 0) is 65.5 Å². The maximum Gasteiger partial charge on any atom is 0.115 e. The molecule has 3 nitrogen and oxygen atoms in total. The van der Waals surface area contributed by atoms with E-state index in [0.29, 0.717) is 11.7 Å². The highest BCUT2D eigenvalue weighted by molar-refractivity contribution is 5.57. The summed E-state index contributed by atoms with van der Waals surface area (Å²) in [5.41, 5.74) is 5.13. The Labute approximate surface area is 150 Å². The molecule has 1 aliphatic rings. The topological polar surface area (TPSA) is 52.5 Å². The summed E-state index contributed by atoms with van der Waals surface area (Å²) in [5, 5.41) is 22.8. The van der Waals surface area contributed by atoms with E-state index in [4.69, 9.17) is 0 Å². The van der Waals surface area contributed by atoms with Crippen molar-refractivity contribution in [3.05, 3.63) is 59.2 Å². The lowest BCUT2D eigenvalue weighted by molar-refractivity contribution is 0.263. The lowest BCUT2D eigenvalue weighted by atomic mass is 9.78. The summed E-state index contributed by atoms with van der Waals surface area (Å²) in [6.07, 6.45) is 2.76. The zero-order chi connectivity index (χ0) is 18.0. The number of hydrogen-bond acceptors (Lipinski definition) is 3. The Hall–Kier alpha value is -2.00. The smallest absolute Gasteiger partial charge is 0.115 e. The number of aliphatic hydroxyl groups is 1. The molecule has 0 aromatic heterocycles. The van der Waals surface area contributed by atoms with E-state index in [-0.39, 0.29) is 18.1 Å². The van der Waals surface area contributed by atoms with Crippen molar-refractivity contribution in [2.45, 2.75) is 51.5 Å². The monoisotopic (exact) mass is 339 g/mol. The van der Waals surface area contributed by atoms with Crippen molar-refractivity contribution in [3.8, 4) is 5.75 Å². The van der Waals surface area contributed by atoms with E-state index in [1.54, 1.807) is 6.07 Å². The van der Waals surface area contributed by atoms with Crippen molar-refractivity contribution < 1.29 is 10.2 Å². The van der Waals surface area contributed by atoms with Crippen LogP contribution in [0.25, 0.3) is 0 Å². The molecule has 0 fully saturated rings. The van der Waals surface area contributed by atoms with Gasteiger partial charge in [0.05, 0.1) is 6.04 Å². The zero-order valence-electron chi connectivity index (χ0n) is 15.4. The van der Waals surface area contributed by atoms with Crippen molar-refractivity contribution in [3.63, 3.8) is 0 Å². The molecule has 0 bridgehead atoms. The van der Waals surface area contributed by atoms with Gasteiger partial charge in [0.1, 0.15) is 5.75 Å². The van der Waals surface area contributed by atoms with Gasteiger partial charge in [-0.1, -0.05) is 45.0 Å². The Bertz CT molecular complexity index is 733. The van der Waals surface area contributed by atoms with E-state index in [9.17, 15) is 10.2 Å². The molecule has 3 N–H and O–H groups in total. The van der Waals surface area contributed by atoms with Gasteiger partial charge >= 0.3 is 0 Å². The zero-order valence-corrected chi connectivity index (χ0v) is 15.4. The molecule has 3 rings (SSSR count). The molecule has 0 saturated heterocycles. The second-order valence-corrected chi connectivity index (χ2v) is 8.17. The minimum atomic E-state index is 0.137. The first-order valence-corrected chi connectivity index (χ1v) is 9.18. The summed E-state index contributed by atoms with van der Waals surface area (Å²) in [7, 11) is 0. The lowest BCUT2D eigenvalue weighted by Crippen LogP contribution is -2.28. The SMILES string of the molecule is CC(C)(C)c1ccc2c(c1)C[C@H](CCCO)[C@H](c1cccc(O)c1)N2. The minimum Gasteiger partial charge on any atom is -0.508 e. The van der Waals surface area contributed by atoms with Crippen LogP contribution in [0.2, 0.25) is 0 Å². The van der Waals surface area contributed by atoms with E-state index < -0.39 is 0 Å². The first-order valence-electron chi connectivity index (χ1n) is 9.18. The first kappa shape index (κ1) is 17.8. The van der Waals surface area contributed by atoms with Crippen LogP contribution in [0.15, 0.2) is 42.5 Å². The van der Waals surface area contributed by atoms with Crippen LogP contribution >= 0.6 is 0 Å². The van der Waals surface area contributed by atoms with Crippen LogP contribution in [0.3, 0.4) is 0 Å². The molecule has 1 aliphatic heterocycles. The van der Waals surface area contributed by atoms with Crippen molar-refractivity contribution in [1.29, 1.82) is 0 Å². The van der Waals surface area contributed by atoms with Crippen molar-refractivity contribution in [2.24, 2.45) is 5.92 Å². The molecule has 2 atom stereocenters. The van der Waals surface area contributed by atoms with Crippen LogP contribution in [0.4, 0.5) is 5.69 Å². The predicted molar refractivity (Wildman–Crippen MR) is 103 cm³/mol. The maximum absolute atomic E-state index is 9.86. The van der Waals surface area contributed by atoms with E-state index in [2.05, 4.69) is 50.4 Å². The fourth-order valence-electron chi connectivity index (χ4n) is 3.75. The molecule has 0 spiro atoms. The third kappa shape index (κ3) is 3.98. The number of rotatable bonds is 4. The van der Waals surface area contributed by atoms with Crippen LogP contribution in [-0.4, -0.2) is 16.8 Å². The number of nitrogens with one attached hydrogen (secondary N) is 1. The fraction of sp³-hybridized carbons (Fsp3) is 0.455. The Morgan fingerprint density at radius 3 is 2.60 bits per heavy atom. The average molecular weight is 339 g/mol. The van der Waals surface area contributed by atoms with Gasteiger partial charge in [-0.3, -0.25) is 0 Å². The van der Waals surface area contributed by atoms with Gasteiger partial charge in [-0.25, -0.2) is 0 Å². The third-order valence-electron chi connectivity index (χ3n) is 5.20. The Kier molecular flexibility index (Phi) is 5.05. The standard InChI is InChI=1S/C22H29NO2/c1-22(2,3)18-9-10-20-17(13-18)12-15(7-5-11-24)21(23-20)16-6-4-8-19(25)14-16/h4,6,8-10,13-15,21,23-25H,5,7,11-12H2,1-3H3/t15-,21+/m0/s1. The lowest BCUT2D eigenvalue weighted by Gasteiger charge is -2.36. The average Bonchev–Trinajstić information content (AvgIpc) is 2.57. The molecule has 2 aromatic rings. The molecule has 0 saturated carbocycles. The molecule has 3 heteroatoms. The molecular formula is C22H29NO2. The molecule has 134 valence electrons. The Balaban J connectivity index is 1.95. The molecule has 25 heavy (non-hydrogen) atoms. The largest absolute Gasteiger partial charge is 0.508 e. The normalized spacial score (nSPS) is 20.0. The van der Waals surface area contributed by atoms with Gasteiger partial charge in [-0.2, -0.15) is 0 Å². The van der Waals surface area contributed by atoms with Crippen LogP contribution in [0, 0.1) is 5.92 Å². The summed E-state index contributed by atoms with van der Waals surface area (Å²) in [4.78, 5) is 0. The summed E-state index contributed by atoms with van der Waals surface area (Å²) in [6, 6.07) is 14.4. The highest BCUT2D eigenvalue weighted by atomic mass is 16.3. The summed E-state index contributed by atoms with van der Waals surface area (Å²) in [6.45, 7) is 6.94. The Morgan fingerprint density at radius 1 is 1.12 bits per heavy atom. The van der Waals surface area contributed by atoms with Crippen LogP contribution in [0.1, 0.15) is 56.3 Å². The summed E-state index contributed by atoms with van der Waals surface area (Å²) < 4.78 is 0. The number of fused-ring (bicyclic) bond motifs is 1. The number of aliphatic hydroxyl groups excluding tert-OH is 1. The first-order chi connectivity index (χ1) is 11.9. The van der Waals surface area contributed by atoms with Gasteiger partial charge in [0.25, 0.3) is 0 Å². The third-order valence-corrected chi connectivity index (χ3v) is 5.20. The molecule has 2 aromatic carbocycles. The van der Waals surface area contributed by atoms with Crippen molar-refractivity contribution >= 4 is 5.69 Å². The molecule has 1 heterocycles. The number of hydrogen-bond donors (Lipinski definition) is 3. The van der Waals surface area contributed by atoms with Gasteiger partial charge in [0.15, 0.2) is 0 Å². The number of phenols is 1. The second kappa shape index (κ2) is 7.09. The van der Waals surface area contributed by atoms with Gasteiger partial charge in [0, 0.05) is 12.3 Å². The molecule has 0 unspecified atom stereocenters. The Morgan fingerprint density at radius 2 is 1.92 bits per heavy atom. The molecule has 0 amide bonds. The molecular weight excluding hydrogens is 310 g/mol. The van der Waals surface area contributed by atoms with Gasteiger partial charge in [-0.15, -0.1) is 0 Å². The number of phenolic OH excluding ortho intramolecular Hbond substituents is 1. The van der Waals surface area contributed by atoms with Gasteiger partial charge < -0.3 is 15.5 Å². The predicted octanol–water partition coefficient (Wildman–Crippen LogP) is 4.79. The fourth-order valence-corrected chi connectivity index (χ4v) is 3.75. The number of benzene rings is 2. The van der Waals surface area contributed by atoms with E-state index in [0.717, 1.165) is 24.8 Å². The molecule has 0 aliphatic carbocycles.